The van der Waals surface area contributed by atoms with Gasteiger partial charge in [-0.05, 0) is 0 Å². The van der Waals surface area contributed by atoms with Crippen molar-refractivity contribution in [2.24, 2.45) is 0 Å². The molecular weight excluding hydrogens is 326 g/mol. The van der Waals surface area contributed by atoms with E-state index in [-0.39, 0.29) is 6.61 Å². The van der Waals surface area contributed by atoms with Crippen molar-refractivity contribution in [3.8, 4) is 0 Å². The molecule has 0 aliphatic carbocycles. The van der Waals surface area contributed by atoms with Crippen LogP contribution in [0.15, 0.2) is 18.6 Å². The van der Waals surface area contributed by atoms with Crippen LogP contribution in [0.5, 0.6) is 0 Å². The van der Waals surface area contributed by atoms with Crippen molar-refractivity contribution in [1.82, 2.24) is 15.0 Å². The van der Waals surface area contributed by atoms with Crippen molar-refractivity contribution in [2.45, 2.75) is 6.61 Å². The SMILES string of the molecule is OCc1cnc(Nc2cc(N3CCS(O)(O)CC3)ncn2)s1. The molecule has 1 fully saturated rings. The molecule has 120 valence electrons. The Kier molecular flexibility index (Phi) is 4.45. The number of aromatic nitrogens is 3. The van der Waals surface area contributed by atoms with Gasteiger partial charge < -0.3 is 15.3 Å². The molecule has 3 rings (SSSR count). The fraction of sp³-hybridized carbons (Fsp3) is 0.417. The third-order valence-electron chi connectivity index (χ3n) is 3.30. The summed E-state index contributed by atoms with van der Waals surface area (Å²) >= 11 is 1.36. The number of rotatable bonds is 4. The Bertz CT molecular complexity index is 641. The first-order chi connectivity index (χ1) is 10.6. The molecule has 1 aliphatic rings. The molecule has 2 aromatic rings. The first kappa shape index (κ1) is 15.4. The third-order valence-corrected chi connectivity index (χ3v) is 5.87. The second kappa shape index (κ2) is 6.34. The summed E-state index contributed by atoms with van der Waals surface area (Å²) in [7, 11) is -2.42. The van der Waals surface area contributed by atoms with Gasteiger partial charge in [0.05, 0.1) is 23.0 Å². The third kappa shape index (κ3) is 3.65. The lowest BCUT2D eigenvalue weighted by Crippen LogP contribution is -2.38. The minimum absolute atomic E-state index is 0.0332. The predicted molar refractivity (Wildman–Crippen MR) is 88.1 cm³/mol. The Morgan fingerprint density at radius 2 is 2.00 bits per heavy atom. The van der Waals surface area contributed by atoms with Crippen LogP contribution in [0, 0.1) is 0 Å². The van der Waals surface area contributed by atoms with Gasteiger partial charge in [-0.1, -0.05) is 11.3 Å². The maximum Gasteiger partial charge on any atom is 0.188 e. The van der Waals surface area contributed by atoms with Crippen molar-refractivity contribution >= 4 is 38.7 Å². The van der Waals surface area contributed by atoms with E-state index in [4.69, 9.17) is 5.11 Å². The monoisotopic (exact) mass is 343 g/mol. The summed E-state index contributed by atoms with van der Waals surface area (Å²) in [5.74, 6) is 2.09. The van der Waals surface area contributed by atoms with E-state index in [9.17, 15) is 9.11 Å². The van der Waals surface area contributed by atoms with Crippen molar-refractivity contribution in [3.63, 3.8) is 0 Å². The molecule has 0 radical (unpaired) electrons. The van der Waals surface area contributed by atoms with Crippen molar-refractivity contribution < 1.29 is 14.2 Å². The summed E-state index contributed by atoms with van der Waals surface area (Å²) in [6, 6.07) is 1.80. The normalized spacial score (nSPS) is 19.0. The van der Waals surface area contributed by atoms with E-state index >= 15 is 0 Å². The van der Waals surface area contributed by atoms with Crippen LogP contribution < -0.4 is 10.2 Å². The topological polar surface area (TPSA) is 115 Å². The van der Waals surface area contributed by atoms with E-state index in [0.29, 0.717) is 35.5 Å². The summed E-state index contributed by atoms with van der Waals surface area (Å²) in [4.78, 5) is 15.3. The zero-order valence-electron chi connectivity index (χ0n) is 11.7. The minimum Gasteiger partial charge on any atom is -0.391 e. The number of anilines is 3. The van der Waals surface area contributed by atoms with E-state index in [1.165, 1.54) is 17.7 Å². The number of hydrogen-bond donors (Lipinski definition) is 4. The van der Waals surface area contributed by atoms with E-state index in [1.807, 2.05) is 4.90 Å². The number of aliphatic hydroxyl groups excluding tert-OH is 1. The van der Waals surface area contributed by atoms with Crippen molar-refractivity contribution in [3.05, 3.63) is 23.5 Å². The molecule has 8 nitrogen and oxygen atoms in total. The Hall–Kier alpha value is -1.46. The second-order valence-electron chi connectivity index (χ2n) is 4.87. The maximum atomic E-state index is 9.65. The van der Waals surface area contributed by atoms with Crippen molar-refractivity contribution in [1.29, 1.82) is 0 Å². The molecule has 0 spiro atoms. The van der Waals surface area contributed by atoms with Gasteiger partial charge >= 0.3 is 0 Å². The Morgan fingerprint density at radius 3 is 2.68 bits per heavy atom. The van der Waals surface area contributed by atoms with E-state index < -0.39 is 10.6 Å². The number of nitrogens with zero attached hydrogens (tertiary/aromatic N) is 4. The van der Waals surface area contributed by atoms with Crippen LogP contribution in [0.1, 0.15) is 4.88 Å². The number of aliphatic hydroxyl groups is 1. The summed E-state index contributed by atoms with van der Waals surface area (Å²) in [6.45, 7) is 1.09. The predicted octanol–water partition coefficient (Wildman–Crippen LogP) is 1.74. The van der Waals surface area contributed by atoms with Crippen molar-refractivity contribution in [2.75, 3.05) is 34.8 Å². The molecule has 4 N–H and O–H groups in total. The Balaban J connectivity index is 1.70. The van der Waals surface area contributed by atoms with Crippen LogP contribution in [0.25, 0.3) is 0 Å². The summed E-state index contributed by atoms with van der Waals surface area (Å²) in [5.41, 5.74) is 0. The first-order valence-corrected chi connectivity index (χ1v) is 9.39. The van der Waals surface area contributed by atoms with E-state index in [1.54, 1.807) is 12.3 Å². The van der Waals surface area contributed by atoms with Gasteiger partial charge in [0.25, 0.3) is 0 Å². The number of thiazole rings is 1. The average Bonchev–Trinajstić information content (AvgIpc) is 2.95. The van der Waals surface area contributed by atoms with Gasteiger partial charge in [0.2, 0.25) is 0 Å². The fourth-order valence-corrected chi connectivity index (χ4v) is 4.00. The van der Waals surface area contributed by atoms with E-state index in [0.717, 1.165) is 10.7 Å². The van der Waals surface area contributed by atoms with Gasteiger partial charge in [0, 0.05) is 25.4 Å². The maximum absolute atomic E-state index is 9.65. The van der Waals surface area contributed by atoms with Gasteiger partial charge in [-0.2, -0.15) is 10.6 Å². The summed E-state index contributed by atoms with van der Waals surface area (Å²) < 4.78 is 19.3. The molecule has 1 aliphatic heterocycles. The zero-order chi connectivity index (χ0) is 15.6. The molecule has 3 heterocycles. The molecule has 0 atom stereocenters. The lowest BCUT2D eigenvalue weighted by Gasteiger charge is -2.41. The fourth-order valence-electron chi connectivity index (χ4n) is 2.09. The molecule has 0 aromatic carbocycles. The molecular formula is C12H17N5O3S2. The van der Waals surface area contributed by atoms with Gasteiger partial charge in [0.15, 0.2) is 5.13 Å². The Morgan fingerprint density at radius 1 is 1.23 bits per heavy atom. The molecule has 0 amide bonds. The summed E-state index contributed by atoms with van der Waals surface area (Å²) in [5, 5.41) is 12.8. The van der Waals surface area contributed by atoms with Crippen LogP contribution in [-0.4, -0.2) is 53.8 Å². The molecule has 0 bridgehead atoms. The molecule has 2 aromatic heterocycles. The lowest BCUT2D eigenvalue weighted by atomic mass is 10.4. The van der Waals surface area contributed by atoms with Crippen LogP contribution in [0.3, 0.4) is 0 Å². The second-order valence-corrected chi connectivity index (χ2v) is 8.41. The van der Waals surface area contributed by atoms with Gasteiger partial charge in [-0.25, -0.2) is 15.0 Å². The highest BCUT2D eigenvalue weighted by Crippen LogP contribution is 2.41. The number of hydrogen-bond acceptors (Lipinski definition) is 9. The van der Waals surface area contributed by atoms with Crippen LogP contribution >= 0.6 is 21.9 Å². The zero-order valence-corrected chi connectivity index (χ0v) is 13.3. The van der Waals surface area contributed by atoms with Gasteiger partial charge in [-0.15, -0.1) is 0 Å². The Labute approximate surface area is 133 Å². The quantitative estimate of drug-likeness (QED) is 0.664. The molecule has 22 heavy (non-hydrogen) atoms. The highest BCUT2D eigenvalue weighted by molar-refractivity contribution is 8.24. The van der Waals surface area contributed by atoms with Crippen LogP contribution in [-0.2, 0) is 6.61 Å². The highest BCUT2D eigenvalue weighted by Gasteiger charge is 2.23. The lowest BCUT2D eigenvalue weighted by molar-refractivity contribution is 0.285. The van der Waals surface area contributed by atoms with E-state index in [2.05, 4.69) is 20.3 Å². The smallest absolute Gasteiger partial charge is 0.188 e. The highest BCUT2D eigenvalue weighted by atomic mass is 32.3. The minimum atomic E-state index is -2.42. The van der Waals surface area contributed by atoms with Crippen LogP contribution in [0.2, 0.25) is 0 Å². The first-order valence-electron chi connectivity index (χ1n) is 6.69. The van der Waals surface area contributed by atoms with Gasteiger partial charge in [0.1, 0.15) is 18.0 Å². The standard InChI is InChI=1S/C12H17N5O3S2/c18-7-9-6-13-12(21-9)16-10-5-11(15-8-14-10)17-1-3-22(19,20)4-2-17/h5-6,8,18-20H,1-4,7H2,(H,13,14,15,16). The summed E-state index contributed by atoms with van der Waals surface area (Å²) in [6.07, 6.45) is 3.08. The van der Waals surface area contributed by atoms with Crippen LogP contribution in [0.4, 0.5) is 16.8 Å². The number of nitrogens with one attached hydrogen (secondary N) is 1. The average molecular weight is 343 g/mol. The molecule has 1 saturated heterocycles. The molecule has 0 saturated carbocycles. The molecule has 0 unspecified atom stereocenters. The molecule has 10 heteroatoms. The largest absolute Gasteiger partial charge is 0.391 e. The van der Waals surface area contributed by atoms with Gasteiger partial charge in [-0.3, -0.25) is 9.11 Å².